The third kappa shape index (κ3) is 10.1. The van der Waals surface area contributed by atoms with Crippen molar-refractivity contribution in [2.45, 2.75) is 12.4 Å². The van der Waals surface area contributed by atoms with Crippen molar-refractivity contribution in [3.05, 3.63) is 141 Å². The lowest BCUT2D eigenvalue weighted by atomic mass is 10.2. The van der Waals surface area contributed by atoms with Crippen LogP contribution in [-0.4, -0.2) is 39.5 Å². The Morgan fingerprint density at radius 2 is 1.02 bits per heavy atom. The molecule has 6 rings (SSSR count). The molecule has 0 radical (unpaired) electrons. The van der Waals surface area contributed by atoms with E-state index in [4.69, 9.17) is 29.6 Å². The maximum atomic E-state index is 12.6. The Bertz CT molecular complexity index is 2080. The molecule has 0 atom stereocenters. The van der Waals surface area contributed by atoms with Gasteiger partial charge >= 0.3 is 12.4 Å². The van der Waals surface area contributed by atoms with Crippen LogP contribution in [0, 0.1) is 24.2 Å². The molecule has 6 aromatic rings. The second-order valence-corrected chi connectivity index (χ2v) is 10.5. The van der Waals surface area contributed by atoms with E-state index in [0.717, 1.165) is 24.3 Å². The lowest BCUT2D eigenvalue weighted by Gasteiger charge is -2.08. The molecule has 4 aromatic heterocycles. The zero-order valence-electron chi connectivity index (χ0n) is 24.3. The predicted molar refractivity (Wildman–Crippen MR) is 173 cm³/mol. The Balaban J connectivity index is 0.000000189. The van der Waals surface area contributed by atoms with E-state index < -0.39 is 23.5 Å². The number of aromatic nitrogens is 8. The van der Waals surface area contributed by atoms with E-state index in [1.165, 1.54) is 46.0 Å². The van der Waals surface area contributed by atoms with Gasteiger partial charge in [0.25, 0.3) is 0 Å². The Morgan fingerprint density at radius 1 is 0.612 bits per heavy atom. The van der Waals surface area contributed by atoms with Crippen LogP contribution >= 0.6 is 39.1 Å². The number of benzene rings is 2. The molecule has 4 heterocycles. The van der Waals surface area contributed by atoms with Gasteiger partial charge in [0.15, 0.2) is 4.73 Å². The summed E-state index contributed by atoms with van der Waals surface area (Å²) in [4.78, 5) is 15.5. The summed E-state index contributed by atoms with van der Waals surface area (Å²) in [6.07, 6.45) is 5.71. The SMILES string of the molecule is Brc1ncccn1.C#Cc1cnn(-c2ccc(C(F)(F)F)cc2)c1Cl.FC(F)(F)c1ccc(-n2ncc(C#Cc3ncccn3)c2Cl)cc1. The van der Waals surface area contributed by atoms with Gasteiger partial charge in [-0.2, -0.15) is 36.5 Å². The van der Waals surface area contributed by atoms with Crippen molar-refractivity contribution in [3.8, 4) is 35.6 Å². The highest BCUT2D eigenvalue weighted by Gasteiger charge is 2.31. The molecule has 0 aliphatic rings. The Kier molecular flexibility index (Phi) is 12.1. The molecule has 248 valence electrons. The normalized spacial score (nSPS) is 10.8. The molecular formula is C32H17BrCl2F6N8. The fourth-order valence-electron chi connectivity index (χ4n) is 3.56. The summed E-state index contributed by atoms with van der Waals surface area (Å²) in [7, 11) is 0. The molecule has 0 saturated heterocycles. The molecule has 0 spiro atoms. The summed E-state index contributed by atoms with van der Waals surface area (Å²) in [5.74, 6) is 8.18. The van der Waals surface area contributed by atoms with Crippen molar-refractivity contribution >= 4 is 39.1 Å². The maximum absolute atomic E-state index is 12.6. The number of terminal acetylenes is 1. The van der Waals surface area contributed by atoms with Gasteiger partial charge in [0.2, 0.25) is 5.82 Å². The standard InChI is InChI=1S/C16H8ClF3N4.C12H6ClF3N2.C4H3BrN2/c17-15-11(2-7-14-21-8-1-9-22-14)10-23-24(15)13-5-3-12(4-6-13)16(18,19)20;1-2-8-7-17-18(11(8)13)10-5-3-9(4-6-10)12(14,15)16;5-4-6-2-1-3-7-4/h1,3-6,8-10H;1,3-7H;1-3H. The van der Waals surface area contributed by atoms with E-state index in [0.29, 0.717) is 33.1 Å². The molecule has 0 bridgehead atoms. The fraction of sp³-hybridized carbons (Fsp3) is 0.0625. The lowest BCUT2D eigenvalue weighted by molar-refractivity contribution is -0.138. The van der Waals surface area contributed by atoms with Crippen LogP contribution < -0.4 is 0 Å². The fourth-order valence-corrected chi connectivity index (χ4v) is 4.28. The Morgan fingerprint density at radius 3 is 1.39 bits per heavy atom. The van der Waals surface area contributed by atoms with E-state index in [1.807, 2.05) is 0 Å². The second kappa shape index (κ2) is 16.3. The summed E-state index contributed by atoms with van der Waals surface area (Å²) < 4.78 is 78.1. The minimum absolute atomic E-state index is 0.192. The highest BCUT2D eigenvalue weighted by Crippen LogP contribution is 2.31. The molecule has 17 heteroatoms. The summed E-state index contributed by atoms with van der Waals surface area (Å²) >= 11 is 15.2. The molecule has 0 amide bonds. The van der Waals surface area contributed by atoms with E-state index in [1.54, 1.807) is 36.9 Å². The molecule has 8 nitrogen and oxygen atoms in total. The number of hydrogen-bond acceptors (Lipinski definition) is 6. The average Bonchev–Trinajstić information content (AvgIpc) is 3.65. The van der Waals surface area contributed by atoms with Crippen LogP contribution in [0.1, 0.15) is 28.1 Å². The number of halogens is 9. The highest BCUT2D eigenvalue weighted by atomic mass is 79.9. The van der Waals surface area contributed by atoms with Gasteiger partial charge < -0.3 is 0 Å². The highest BCUT2D eigenvalue weighted by molar-refractivity contribution is 9.10. The molecular weight excluding hydrogens is 761 g/mol. The number of nitrogens with zero attached hydrogens (tertiary/aromatic N) is 8. The van der Waals surface area contributed by atoms with Crippen LogP contribution in [0.2, 0.25) is 10.3 Å². The van der Waals surface area contributed by atoms with Gasteiger partial charge in [0.1, 0.15) is 10.3 Å². The molecule has 0 N–H and O–H groups in total. The maximum Gasteiger partial charge on any atom is 0.416 e. The molecule has 0 aliphatic carbocycles. The van der Waals surface area contributed by atoms with Crippen molar-refractivity contribution in [2.24, 2.45) is 0 Å². The second-order valence-electron chi connectivity index (χ2n) is 9.10. The van der Waals surface area contributed by atoms with Crippen molar-refractivity contribution in [1.82, 2.24) is 39.5 Å². The monoisotopic (exact) mass is 776 g/mol. The van der Waals surface area contributed by atoms with Gasteiger partial charge in [-0.25, -0.2) is 29.3 Å². The minimum Gasteiger partial charge on any atom is -0.231 e. The quantitative estimate of drug-likeness (QED) is 0.0996. The van der Waals surface area contributed by atoms with Gasteiger partial charge in [0.05, 0.1) is 46.0 Å². The molecule has 49 heavy (non-hydrogen) atoms. The first-order chi connectivity index (χ1) is 23.3. The summed E-state index contributed by atoms with van der Waals surface area (Å²) in [5, 5.41) is 8.34. The largest absolute Gasteiger partial charge is 0.416 e. The number of hydrogen-bond donors (Lipinski definition) is 0. The van der Waals surface area contributed by atoms with Gasteiger partial charge in [-0.05, 0) is 82.5 Å². The lowest BCUT2D eigenvalue weighted by Crippen LogP contribution is -2.05. The predicted octanol–water partition coefficient (Wildman–Crippen LogP) is 8.50. The topological polar surface area (TPSA) is 87.2 Å². The molecule has 0 aliphatic heterocycles. The van der Waals surface area contributed by atoms with Crippen LogP contribution in [0.5, 0.6) is 0 Å². The van der Waals surface area contributed by atoms with Gasteiger partial charge in [-0.3, -0.25) is 0 Å². The third-order valence-electron chi connectivity index (χ3n) is 5.86. The van der Waals surface area contributed by atoms with E-state index in [9.17, 15) is 26.3 Å². The molecule has 0 fully saturated rings. The van der Waals surface area contributed by atoms with Gasteiger partial charge in [0, 0.05) is 24.8 Å². The van der Waals surface area contributed by atoms with Crippen LogP contribution in [0.4, 0.5) is 26.3 Å². The number of rotatable bonds is 2. The van der Waals surface area contributed by atoms with Gasteiger partial charge in [-0.1, -0.05) is 35.0 Å². The first-order valence-corrected chi connectivity index (χ1v) is 14.8. The van der Waals surface area contributed by atoms with Crippen molar-refractivity contribution < 1.29 is 26.3 Å². The van der Waals surface area contributed by atoms with Crippen molar-refractivity contribution in [1.29, 1.82) is 0 Å². The van der Waals surface area contributed by atoms with Gasteiger partial charge in [-0.15, -0.1) is 6.42 Å². The van der Waals surface area contributed by atoms with Crippen LogP contribution in [-0.2, 0) is 12.4 Å². The molecule has 0 unspecified atom stereocenters. The molecule has 0 saturated carbocycles. The minimum atomic E-state index is -4.39. The van der Waals surface area contributed by atoms with E-state index in [2.05, 4.69) is 63.8 Å². The summed E-state index contributed by atoms with van der Waals surface area (Å²) in [6.45, 7) is 0. The van der Waals surface area contributed by atoms with Crippen LogP contribution in [0.3, 0.4) is 0 Å². The smallest absolute Gasteiger partial charge is 0.231 e. The Labute approximate surface area is 292 Å². The van der Waals surface area contributed by atoms with Crippen molar-refractivity contribution in [2.75, 3.05) is 0 Å². The van der Waals surface area contributed by atoms with E-state index >= 15 is 0 Å². The van der Waals surface area contributed by atoms with E-state index in [-0.39, 0.29) is 10.3 Å². The Hall–Kier alpha value is -5.22. The third-order valence-corrected chi connectivity index (χ3v) is 7.00. The van der Waals surface area contributed by atoms with Crippen molar-refractivity contribution in [3.63, 3.8) is 0 Å². The zero-order chi connectivity index (χ0) is 35.6. The zero-order valence-corrected chi connectivity index (χ0v) is 27.4. The first-order valence-electron chi connectivity index (χ1n) is 13.3. The number of alkyl halides is 6. The van der Waals surface area contributed by atoms with Crippen LogP contribution in [0.15, 0.2) is 103 Å². The summed E-state index contributed by atoms with van der Waals surface area (Å²) in [5.41, 5.74) is 0.148. The first kappa shape index (κ1) is 36.6. The molecule has 2 aromatic carbocycles. The average molecular weight is 778 g/mol. The summed E-state index contributed by atoms with van der Waals surface area (Å²) in [6, 6.07) is 12.4. The van der Waals surface area contributed by atoms with Crippen LogP contribution in [0.25, 0.3) is 11.4 Å².